The molecule has 2 unspecified atom stereocenters. The highest BCUT2D eigenvalue weighted by atomic mass is 79.9. The van der Waals surface area contributed by atoms with Gasteiger partial charge in [-0.3, -0.25) is 0 Å². The van der Waals surface area contributed by atoms with Crippen molar-refractivity contribution in [3.05, 3.63) is 54.1 Å². The molecule has 0 radical (unpaired) electrons. The Labute approximate surface area is 145 Å². The summed E-state index contributed by atoms with van der Waals surface area (Å²) < 4.78 is 3.06. The van der Waals surface area contributed by atoms with Crippen LogP contribution in [-0.4, -0.2) is 13.1 Å². The summed E-state index contributed by atoms with van der Waals surface area (Å²) in [6.45, 7) is 2.08. The molecule has 0 saturated carbocycles. The van der Waals surface area contributed by atoms with E-state index < -0.39 is 0 Å². The molecule has 2 heterocycles. The van der Waals surface area contributed by atoms with Crippen LogP contribution in [0.5, 0.6) is 0 Å². The summed E-state index contributed by atoms with van der Waals surface area (Å²) in [7, 11) is 0. The van der Waals surface area contributed by atoms with Gasteiger partial charge in [0.1, 0.15) is 4.34 Å². The Morgan fingerprint density at radius 1 is 1.15 bits per heavy atom. The SMILES string of the molecule is Clc1sc(C2CCNCC2c2ccccc2Br)cc1Br. The highest BCUT2D eigenvalue weighted by Crippen LogP contribution is 2.45. The summed E-state index contributed by atoms with van der Waals surface area (Å²) in [6.07, 6.45) is 1.15. The Morgan fingerprint density at radius 3 is 2.65 bits per heavy atom. The second-order valence-corrected chi connectivity index (χ2v) is 8.39. The van der Waals surface area contributed by atoms with Crippen LogP contribution in [0.1, 0.15) is 28.7 Å². The minimum absolute atomic E-state index is 0.487. The Hall–Kier alpha value is 0.130. The molecule has 2 atom stereocenters. The highest BCUT2D eigenvalue weighted by Gasteiger charge is 2.30. The molecule has 0 amide bonds. The molecule has 106 valence electrons. The molecule has 1 aromatic carbocycles. The number of thiophene rings is 1. The third-order valence-electron chi connectivity index (χ3n) is 3.82. The minimum Gasteiger partial charge on any atom is -0.316 e. The third kappa shape index (κ3) is 3.00. The van der Waals surface area contributed by atoms with E-state index in [-0.39, 0.29) is 0 Å². The first-order valence-electron chi connectivity index (χ1n) is 6.56. The Balaban J connectivity index is 1.97. The van der Waals surface area contributed by atoms with Gasteiger partial charge in [-0.2, -0.15) is 0 Å². The van der Waals surface area contributed by atoms with Gasteiger partial charge in [0.15, 0.2) is 0 Å². The second-order valence-electron chi connectivity index (χ2n) is 5.00. The van der Waals surface area contributed by atoms with Crippen molar-refractivity contribution in [2.75, 3.05) is 13.1 Å². The fraction of sp³-hybridized carbons (Fsp3) is 0.333. The predicted molar refractivity (Wildman–Crippen MR) is 94.1 cm³/mol. The van der Waals surface area contributed by atoms with Gasteiger partial charge in [0, 0.05) is 32.2 Å². The molecule has 3 rings (SSSR count). The summed E-state index contributed by atoms with van der Waals surface area (Å²) in [4.78, 5) is 1.38. The quantitative estimate of drug-likeness (QED) is 0.630. The van der Waals surface area contributed by atoms with Gasteiger partial charge in [-0.05, 0) is 46.6 Å². The first-order valence-corrected chi connectivity index (χ1v) is 9.34. The van der Waals surface area contributed by atoms with E-state index in [9.17, 15) is 0 Å². The van der Waals surface area contributed by atoms with Gasteiger partial charge >= 0.3 is 0 Å². The summed E-state index contributed by atoms with van der Waals surface area (Å²) in [6, 6.07) is 10.7. The maximum atomic E-state index is 6.22. The van der Waals surface area contributed by atoms with Crippen LogP contribution < -0.4 is 5.32 Å². The lowest BCUT2D eigenvalue weighted by Crippen LogP contribution is -2.33. The van der Waals surface area contributed by atoms with E-state index in [1.54, 1.807) is 11.3 Å². The first-order chi connectivity index (χ1) is 9.66. The van der Waals surface area contributed by atoms with Gasteiger partial charge in [-0.15, -0.1) is 11.3 Å². The first kappa shape index (κ1) is 15.0. The van der Waals surface area contributed by atoms with Crippen molar-refractivity contribution in [2.24, 2.45) is 0 Å². The molecule has 1 aliphatic rings. The zero-order chi connectivity index (χ0) is 14.1. The molecule has 1 fully saturated rings. The maximum Gasteiger partial charge on any atom is 0.107 e. The van der Waals surface area contributed by atoms with E-state index in [4.69, 9.17) is 11.6 Å². The van der Waals surface area contributed by atoms with Crippen LogP contribution in [0, 0.1) is 0 Å². The zero-order valence-electron chi connectivity index (χ0n) is 10.7. The molecule has 0 spiro atoms. The van der Waals surface area contributed by atoms with Gasteiger partial charge < -0.3 is 5.32 Å². The number of piperidine rings is 1. The predicted octanol–water partition coefficient (Wildman–Crippen LogP) is 5.79. The van der Waals surface area contributed by atoms with Crippen LogP contribution in [0.2, 0.25) is 4.34 Å². The van der Waals surface area contributed by atoms with E-state index in [2.05, 4.69) is 67.5 Å². The minimum atomic E-state index is 0.487. The van der Waals surface area contributed by atoms with Crippen molar-refractivity contribution >= 4 is 54.8 Å². The van der Waals surface area contributed by atoms with Crippen molar-refractivity contribution in [1.29, 1.82) is 0 Å². The lowest BCUT2D eigenvalue weighted by atomic mass is 9.80. The molecule has 1 aromatic heterocycles. The Kier molecular flexibility index (Phi) is 4.88. The number of nitrogens with one attached hydrogen (secondary N) is 1. The summed E-state index contributed by atoms with van der Waals surface area (Å²) in [5, 5.41) is 3.52. The van der Waals surface area contributed by atoms with Crippen LogP contribution in [0.4, 0.5) is 0 Å². The van der Waals surface area contributed by atoms with Crippen LogP contribution in [-0.2, 0) is 0 Å². The topological polar surface area (TPSA) is 12.0 Å². The van der Waals surface area contributed by atoms with Crippen molar-refractivity contribution < 1.29 is 0 Å². The van der Waals surface area contributed by atoms with Crippen LogP contribution >= 0.6 is 54.8 Å². The molecule has 0 aliphatic carbocycles. The van der Waals surface area contributed by atoms with Crippen molar-refractivity contribution in [3.8, 4) is 0 Å². The van der Waals surface area contributed by atoms with Gasteiger partial charge in [-0.25, -0.2) is 0 Å². The monoisotopic (exact) mass is 433 g/mol. The number of hydrogen-bond donors (Lipinski definition) is 1. The molecule has 1 saturated heterocycles. The fourth-order valence-electron chi connectivity index (χ4n) is 2.85. The van der Waals surface area contributed by atoms with E-state index in [1.165, 1.54) is 14.9 Å². The van der Waals surface area contributed by atoms with Gasteiger partial charge in [-0.1, -0.05) is 45.7 Å². The smallest absolute Gasteiger partial charge is 0.107 e. The lowest BCUT2D eigenvalue weighted by Gasteiger charge is -2.32. The van der Waals surface area contributed by atoms with E-state index >= 15 is 0 Å². The molecular formula is C15H14Br2ClNS. The van der Waals surface area contributed by atoms with Crippen molar-refractivity contribution in [1.82, 2.24) is 5.32 Å². The standard InChI is InChI=1S/C15H14Br2ClNS/c16-12-4-2-1-3-9(12)11-8-19-6-5-10(11)14-7-13(17)15(18)20-14/h1-4,7,10-11,19H,5-6,8H2. The highest BCUT2D eigenvalue weighted by molar-refractivity contribution is 9.10. The van der Waals surface area contributed by atoms with E-state index in [0.717, 1.165) is 28.3 Å². The maximum absolute atomic E-state index is 6.22. The Bertz CT molecular complexity index is 594. The average Bonchev–Trinajstić information content (AvgIpc) is 2.79. The number of rotatable bonds is 2. The van der Waals surface area contributed by atoms with E-state index in [0.29, 0.717) is 11.8 Å². The molecule has 1 aliphatic heterocycles. The average molecular weight is 436 g/mol. The third-order valence-corrected chi connectivity index (χ3v) is 7.15. The van der Waals surface area contributed by atoms with Crippen LogP contribution in [0.3, 0.4) is 0 Å². The number of hydrogen-bond acceptors (Lipinski definition) is 2. The molecule has 1 nitrogen and oxygen atoms in total. The summed E-state index contributed by atoms with van der Waals surface area (Å²) in [5.41, 5.74) is 1.38. The molecule has 2 aromatic rings. The van der Waals surface area contributed by atoms with Crippen molar-refractivity contribution in [2.45, 2.75) is 18.3 Å². The van der Waals surface area contributed by atoms with E-state index in [1.807, 2.05) is 0 Å². The van der Waals surface area contributed by atoms with Gasteiger partial charge in [0.25, 0.3) is 0 Å². The molecule has 20 heavy (non-hydrogen) atoms. The summed E-state index contributed by atoms with van der Waals surface area (Å²) >= 11 is 15.1. The fourth-order valence-corrected chi connectivity index (χ4v) is 5.36. The molecule has 5 heteroatoms. The lowest BCUT2D eigenvalue weighted by molar-refractivity contribution is 0.407. The van der Waals surface area contributed by atoms with Gasteiger partial charge in [0.2, 0.25) is 0 Å². The molecule has 0 bridgehead atoms. The molecular weight excluding hydrogens is 422 g/mol. The molecule has 1 N–H and O–H groups in total. The van der Waals surface area contributed by atoms with Gasteiger partial charge in [0.05, 0.1) is 0 Å². The number of benzene rings is 1. The summed E-state index contributed by atoms with van der Waals surface area (Å²) in [5.74, 6) is 1.02. The number of halogens is 3. The van der Waals surface area contributed by atoms with Crippen LogP contribution in [0.15, 0.2) is 39.3 Å². The Morgan fingerprint density at radius 2 is 1.95 bits per heavy atom. The zero-order valence-corrected chi connectivity index (χ0v) is 15.4. The largest absolute Gasteiger partial charge is 0.316 e. The normalized spacial score (nSPS) is 22.9. The van der Waals surface area contributed by atoms with Crippen LogP contribution in [0.25, 0.3) is 0 Å². The van der Waals surface area contributed by atoms with Crippen molar-refractivity contribution in [3.63, 3.8) is 0 Å². The second kappa shape index (κ2) is 6.49.